The first-order valence-corrected chi connectivity index (χ1v) is 13.5. The fraction of sp³-hybridized carbons (Fsp3) is 0.741. The Morgan fingerprint density at radius 3 is 2.21 bits per heavy atom. The summed E-state index contributed by atoms with van der Waals surface area (Å²) in [5, 5.41) is 2.72. The molecule has 7 heteroatoms. The zero-order valence-electron chi connectivity index (χ0n) is 21.4. The van der Waals surface area contributed by atoms with Crippen LogP contribution in [-0.4, -0.2) is 41.0 Å². The van der Waals surface area contributed by atoms with Crippen molar-refractivity contribution in [3.63, 3.8) is 0 Å². The van der Waals surface area contributed by atoms with Crippen molar-refractivity contribution >= 4 is 11.9 Å². The van der Waals surface area contributed by atoms with E-state index in [1.165, 1.54) is 70.6 Å². The average molecular weight is 477 g/mol. The van der Waals surface area contributed by atoms with Gasteiger partial charge in [0.15, 0.2) is 0 Å². The van der Waals surface area contributed by atoms with E-state index in [9.17, 15) is 9.59 Å². The second-order valence-electron chi connectivity index (χ2n) is 9.05. The molecule has 0 saturated heterocycles. The van der Waals surface area contributed by atoms with E-state index in [2.05, 4.69) is 34.4 Å². The Kier molecular flexibility index (Phi) is 18.8. The molecular weight excluding hydrogens is 428 g/mol. The molecule has 4 N–H and O–H groups in total. The Hall–Kier alpha value is -2.15. The molecule has 0 aliphatic heterocycles. The number of nitrogens with one attached hydrogen (secondary N) is 2. The number of amides is 1. The molecule has 194 valence electrons. The minimum Gasteiger partial charge on any atom is -0.464 e. The topological polar surface area (TPSA) is 110 Å². The third-order valence-electron chi connectivity index (χ3n) is 5.87. The minimum atomic E-state index is -0.728. The lowest BCUT2D eigenvalue weighted by molar-refractivity contribution is -0.148. The third kappa shape index (κ3) is 16.5. The van der Waals surface area contributed by atoms with Crippen LogP contribution in [-0.2, 0) is 20.7 Å². The van der Waals surface area contributed by atoms with Gasteiger partial charge < -0.3 is 20.8 Å². The van der Waals surface area contributed by atoms with E-state index in [-0.39, 0.29) is 18.9 Å². The summed E-state index contributed by atoms with van der Waals surface area (Å²) in [6, 6.07) is -0.728. The molecule has 0 saturated carbocycles. The van der Waals surface area contributed by atoms with Crippen molar-refractivity contribution in [2.45, 2.75) is 116 Å². The highest BCUT2D eigenvalue weighted by molar-refractivity contribution is 5.84. The maximum absolute atomic E-state index is 12.5. The summed E-state index contributed by atoms with van der Waals surface area (Å²) in [6.07, 6.45) is 25.7. The van der Waals surface area contributed by atoms with E-state index in [0.717, 1.165) is 25.0 Å². The highest BCUT2D eigenvalue weighted by Crippen LogP contribution is 2.10. The molecule has 1 atom stereocenters. The Morgan fingerprint density at radius 1 is 1.00 bits per heavy atom. The van der Waals surface area contributed by atoms with Crippen LogP contribution in [0.5, 0.6) is 0 Å². The standard InChI is InChI=1S/C27H48N4O3/c1-2-3-4-5-6-7-8-9-10-11-12-13-14-15-16-17-20-34-27(33)25(31-26(32)18-19-28)21-24-22-29-23-30-24/h9-10,22-23,25H,2-8,11-21,28H2,1H3,(H,29,30)(H,31,32)/b10-9-. The van der Waals surface area contributed by atoms with Gasteiger partial charge in [-0.3, -0.25) is 4.79 Å². The van der Waals surface area contributed by atoms with Gasteiger partial charge in [0, 0.05) is 31.3 Å². The summed E-state index contributed by atoms with van der Waals surface area (Å²) in [5.74, 6) is -0.658. The number of hydrogen-bond donors (Lipinski definition) is 3. The van der Waals surface area contributed by atoms with E-state index >= 15 is 0 Å². The van der Waals surface area contributed by atoms with Crippen molar-refractivity contribution in [2.75, 3.05) is 13.2 Å². The number of nitrogens with zero attached hydrogens (tertiary/aromatic N) is 1. The van der Waals surface area contributed by atoms with Crippen LogP contribution in [0, 0.1) is 0 Å². The molecule has 1 aromatic heterocycles. The molecule has 34 heavy (non-hydrogen) atoms. The van der Waals surface area contributed by atoms with Crippen LogP contribution in [0.15, 0.2) is 24.7 Å². The fourth-order valence-electron chi connectivity index (χ4n) is 3.83. The van der Waals surface area contributed by atoms with Crippen molar-refractivity contribution in [2.24, 2.45) is 5.73 Å². The van der Waals surface area contributed by atoms with Crippen molar-refractivity contribution in [3.05, 3.63) is 30.4 Å². The number of H-pyrrole nitrogens is 1. The molecule has 1 unspecified atom stereocenters. The zero-order valence-corrected chi connectivity index (χ0v) is 21.4. The molecular formula is C27H48N4O3. The summed E-state index contributed by atoms with van der Waals surface area (Å²) < 4.78 is 5.42. The highest BCUT2D eigenvalue weighted by Gasteiger charge is 2.23. The van der Waals surface area contributed by atoms with E-state index in [1.807, 2.05) is 0 Å². The van der Waals surface area contributed by atoms with Gasteiger partial charge in [0.1, 0.15) is 6.04 Å². The summed E-state index contributed by atoms with van der Waals surface area (Å²) >= 11 is 0. The van der Waals surface area contributed by atoms with Gasteiger partial charge in [-0.25, -0.2) is 9.78 Å². The lowest BCUT2D eigenvalue weighted by Crippen LogP contribution is -2.44. The predicted molar refractivity (Wildman–Crippen MR) is 138 cm³/mol. The molecule has 0 fully saturated rings. The average Bonchev–Trinajstić information content (AvgIpc) is 3.34. The molecule has 7 nitrogen and oxygen atoms in total. The SMILES string of the molecule is CCCCCCCC/C=C\CCCCCCCCOC(=O)C(Cc1cnc[nH]1)NC(=O)CCN. The van der Waals surface area contributed by atoms with E-state index < -0.39 is 12.0 Å². The van der Waals surface area contributed by atoms with Gasteiger partial charge in [-0.15, -0.1) is 0 Å². The van der Waals surface area contributed by atoms with Gasteiger partial charge in [0.2, 0.25) is 5.91 Å². The van der Waals surface area contributed by atoms with E-state index in [0.29, 0.717) is 13.0 Å². The van der Waals surface area contributed by atoms with Crippen LogP contribution in [0.4, 0.5) is 0 Å². The molecule has 1 aromatic rings. The van der Waals surface area contributed by atoms with Gasteiger partial charge in [0.05, 0.1) is 12.9 Å². The Morgan fingerprint density at radius 2 is 1.62 bits per heavy atom. The number of carbonyl (C=O) groups is 2. The molecule has 0 aliphatic carbocycles. The van der Waals surface area contributed by atoms with Crippen molar-refractivity contribution < 1.29 is 14.3 Å². The Balaban J connectivity index is 2.03. The number of rotatable bonds is 22. The minimum absolute atomic E-state index is 0.182. The van der Waals surface area contributed by atoms with Crippen molar-refractivity contribution in [1.29, 1.82) is 0 Å². The molecule has 1 amide bonds. The molecule has 0 aromatic carbocycles. The number of unbranched alkanes of at least 4 members (excludes halogenated alkanes) is 12. The molecule has 0 bridgehead atoms. The maximum atomic E-state index is 12.5. The Labute approximate surface area is 206 Å². The highest BCUT2D eigenvalue weighted by atomic mass is 16.5. The number of carbonyl (C=O) groups excluding carboxylic acids is 2. The molecule has 0 radical (unpaired) electrons. The summed E-state index contributed by atoms with van der Waals surface area (Å²) in [6.45, 7) is 2.88. The third-order valence-corrected chi connectivity index (χ3v) is 5.87. The molecule has 1 rings (SSSR count). The van der Waals surface area contributed by atoms with Gasteiger partial charge in [-0.2, -0.15) is 0 Å². The monoisotopic (exact) mass is 476 g/mol. The van der Waals surface area contributed by atoms with Crippen LogP contribution in [0.1, 0.15) is 109 Å². The zero-order chi connectivity index (χ0) is 24.7. The van der Waals surface area contributed by atoms with E-state index in [1.54, 1.807) is 12.5 Å². The number of nitrogens with two attached hydrogens (primary N) is 1. The molecule has 0 spiro atoms. The van der Waals surface area contributed by atoms with Crippen LogP contribution in [0.2, 0.25) is 0 Å². The number of aromatic nitrogens is 2. The lowest BCUT2D eigenvalue weighted by atomic mass is 10.1. The number of allylic oxidation sites excluding steroid dienone is 2. The van der Waals surface area contributed by atoms with Gasteiger partial charge in [-0.05, 0) is 32.1 Å². The first-order valence-electron chi connectivity index (χ1n) is 13.5. The number of imidazole rings is 1. The fourth-order valence-corrected chi connectivity index (χ4v) is 3.83. The van der Waals surface area contributed by atoms with E-state index in [4.69, 9.17) is 10.5 Å². The predicted octanol–water partition coefficient (Wildman–Crippen LogP) is 5.37. The van der Waals surface area contributed by atoms with Gasteiger partial charge in [0.25, 0.3) is 0 Å². The van der Waals surface area contributed by atoms with Crippen LogP contribution in [0.3, 0.4) is 0 Å². The first-order chi connectivity index (χ1) is 16.7. The summed E-state index contributed by atoms with van der Waals surface area (Å²) in [4.78, 5) is 31.3. The first kappa shape index (κ1) is 29.9. The maximum Gasteiger partial charge on any atom is 0.329 e. The summed E-state index contributed by atoms with van der Waals surface area (Å²) in [7, 11) is 0. The quantitative estimate of drug-likeness (QED) is 0.118. The number of ether oxygens (including phenoxy) is 1. The van der Waals surface area contributed by atoms with Crippen molar-refractivity contribution in [1.82, 2.24) is 15.3 Å². The van der Waals surface area contributed by atoms with Crippen LogP contribution in [0.25, 0.3) is 0 Å². The van der Waals surface area contributed by atoms with Crippen LogP contribution >= 0.6 is 0 Å². The number of aromatic amines is 1. The Bertz CT molecular complexity index is 646. The number of hydrogen-bond acceptors (Lipinski definition) is 5. The van der Waals surface area contributed by atoms with Gasteiger partial charge >= 0.3 is 5.97 Å². The smallest absolute Gasteiger partial charge is 0.329 e. The lowest BCUT2D eigenvalue weighted by Gasteiger charge is -2.17. The van der Waals surface area contributed by atoms with Crippen molar-refractivity contribution in [3.8, 4) is 0 Å². The second kappa shape index (κ2) is 21.4. The molecule has 0 aliphatic rings. The second-order valence-corrected chi connectivity index (χ2v) is 9.05. The van der Waals surface area contributed by atoms with Gasteiger partial charge in [-0.1, -0.05) is 76.9 Å². The largest absolute Gasteiger partial charge is 0.464 e. The normalized spacial score (nSPS) is 12.2. The molecule has 1 heterocycles. The number of esters is 1. The summed E-state index contributed by atoms with van der Waals surface area (Å²) in [5.41, 5.74) is 6.20. The van der Waals surface area contributed by atoms with Crippen LogP contribution < -0.4 is 11.1 Å².